The number of anilines is 1. The molecule has 1 aromatic heterocycles. The van der Waals surface area contributed by atoms with Crippen molar-refractivity contribution in [2.24, 2.45) is 4.99 Å². The zero-order valence-corrected chi connectivity index (χ0v) is 15.8. The molecular weight excluding hydrogens is 350 g/mol. The van der Waals surface area contributed by atoms with Gasteiger partial charge in [0.1, 0.15) is 0 Å². The quantitative estimate of drug-likeness (QED) is 0.514. The molecule has 0 aliphatic carbocycles. The van der Waals surface area contributed by atoms with E-state index in [-0.39, 0.29) is 5.91 Å². The van der Waals surface area contributed by atoms with E-state index in [0.29, 0.717) is 30.5 Å². The number of hydrogen-bond donors (Lipinski definition) is 3. The maximum Gasteiger partial charge on any atom is 0.226 e. The lowest BCUT2D eigenvalue weighted by atomic mass is 10.2. The van der Waals surface area contributed by atoms with Crippen molar-refractivity contribution in [3.63, 3.8) is 0 Å². The number of rotatable bonds is 7. The first-order valence-corrected chi connectivity index (χ1v) is 8.95. The molecule has 7 heteroatoms. The lowest BCUT2D eigenvalue weighted by molar-refractivity contribution is -0.116. The van der Waals surface area contributed by atoms with E-state index in [1.807, 2.05) is 44.2 Å². The van der Waals surface area contributed by atoms with Gasteiger partial charge >= 0.3 is 0 Å². The molecular formula is C19H24ClN5O. The third-order valence-electron chi connectivity index (χ3n) is 3.66. The number of aliphatic imine (C=N–C) groups is 1. The van der Waals surface area contributed by atoms with Crippen LogP contribution in [0.4, 0.5) is 5.69 Å². The molecule has 0 saturated heterocycles. The molecule has 2 aromatic rings. The van der Waals surface area contributed by atoms with Crippen LogP contribution in [-0.2, 0) is 11.3 Å². The molecule has 0 unspecified atom stereocenters. The van der Waals surface area contributed by atoms with Gasteiger partial charge in [-0.1, -0.05) is 23.7 Å². The predicted molar refractivity (Wildman–Crippen MR) is 106 cm³/mol. The van der Waals surface area contributed by atoms with Crippen LogP contribution in [0.25, 0.3) is 0 Å². The summed E-state index contributed by atoms with van der Waals surface area (Å²) in [6, 6.07) is 11.2. The van der Waals surface area contributed by atoms with Crippen LogP contribution in [-0.4, -0.2) is 29.9 Å². The summed E-state index contributed by atoms with van der Waals surface area (Å²) in [5.41, 5.74) is 2.48. The second-order valence-electron chi connectivity index (χ2n) is 5.65. The number of amides is 1. The Morgan fingerprint density at radius 2 is 2.04 bits per heavy atom. The van der Waals surface area contributed by atoms with Crippen molar-refractivity contribution in [3.8, 4) is 0 Å². The van der Waals surface area contributed by atoms with Gasteiger partial charge in [-0.25, -0.2) is 4.99 Å². The monoisotopic (exact) mass is 373 g/mol. The van der Waals surface area contributed by atoms with E-state index in [1.165, 1.54) is 0 Å². The fraction of sp³-hybridized carbons (Fsp3) is 0.316. The molecule has 6 nitrogen and oxygen atoms in total. The Balaban J connectivity index is 1.83. The van der Waals surface area contributed by atoms with Gasteiger partial charge in [0.15, 0.2) is 5.96 Å². The number of benzene rings is 1. The molecule has 26 heavy (non-hydrogen) atoms. The van der Waals surface area contributed by atoms with Crippen LogP contribution in [0, 0.1) is 6.92 Å². The highest BCUT2D eigenvalue weighted by Crippen LogP contribution is 2.22. The minimum absolute atomic E-state index is 0.0801. The third kappa shape index (κ3) is 6.37. The second kappa shape index (κ2) is 10.4. The molecule has 1 heterocycles. The Bertz CT molecular complexity index is 749. The van der Waals surface area contributed by atoms with Crippen LogP contribution in [0.3, 0.4) is 0 Å². The van der Waals surface area contributed by atoms with Crippen molar-refractivity contribution in [3.05, 3.63) is 58.9 Å². The van der Waals surface area contributed by atoms with Crippen LogP contribution < -0.4 is 16.0 Å². The number of hydrogen-bond acceptors (Lipinski definition) is 3. The highest BCUT2D eigenvalue weighted by atomic mass is 35.5. The van der Waals surface area contributed by atoms with E-state index in [1.54, 1.807) is 12.3 Å². The lowest BCUT2D eigenvalue weighted by Gasteiger charge is -2.12. The van der Waals surface area contributed by atoms with Gasteiger partial charge in [-0.2, -0.15) is 0 Å². The molecule has 1 aromatic carbocycles. The van der Waals surface area contributed by atoms with E-state index in [9.17, 15) is 4.79 Å². The van der Waals surface area contributed by atoms with Gasteiger partial charge in [-0.3, -0.25) is 9.78 Å². The second-order valence-corrected chi connectivity index (χ2v) is 6.06. The molecule has 0 bridgehead atoms. The summed E-state index contributed by atoms with van der Waals surface area (Å²) in [5, 5.41) is 9.83. The van der Waals surface area contributed by atoms with Crippen LogP contribution >= 0.6 is 11.6 Å². The molecule has 1 amide bonds. The normalized spacial score (nSPS) is 11.1. The summed E-state index contributed by atoms with van der Waals surface area (Å²) in [6.45, 7) is 5.56. The summed E-state index contributed by atoms with van der Waals surface area (Å²) in [5.74, 6) is 0.577. The SMILES string of the molecule is CCNC(=NCc1ccccn1)NCCC(=O)Nc1cccc(Cl)c1C. The van der Waals surface area contributed by atoms with Crippen molar-refractivity contribution in [2.45, 2.75) is 26.8 Å². The predicted octanol–water partition coefficient (Wildman–Crippen LogP) is 3.13. The molecule has 3 N–H and O–H groups in total. The fourth-order valence-electron chi connectivity index (χ4n) is 2.24. The van der Waals surface area contributed by atoms with Gasteiger partial charge in [-0.05, 0) is 43.7 Å². The summed E-state index contributed by atoms with van der Waals surface area (Å²) >= 11 is 6.07. The zero-order chi connectivity index (χ0) is 18.8. The number of aromatic nitrogens is 1. The van der Waals surface area contributed by atoms with Crippen molar-refractivity contribution in [1.82, 2.24) is 15.6 Å². The largest absolute Gasteiger partial charge is 0.357 e. The van der Waals surface area contributed by atoms with Crippen molar-refractivity contribution in [2.75, 3.05) is 18.4 Å². The molecule has 0 aliphatic heterocycles. The first kappa shape index (κ1) is 19.7. The van der Waals surface area contributed by atoms with Crippen molar-refractivity contribution in [1.29, 1.82) is 0 Å². The van der Waals surface area contributed by atoms with Gasteiger partial charge in [0.25, 0.3) is 0 Å². The summed E-state index contributed by atoms with van der Waals surface area (Å²) < 4.78 is 0. The van der Waals surface area contributed by atoms with E-state index < -0.39 is 0 Å². The van der Waals surface area contributed by atoms with Gasteiger partial charge in [0.2, 0.25) is 5.91 Å². The number of carbonyl (C=O) groups is 1. The Morgan fingerprint density at radius 3 is 2.77 bits per heavy atom. The highest BCUT2D eigenvalue weighted by molar-refractivity contribution is 6.31. The number of pyridine rings is 1. The molecule has 0 spiro atoms. The maximum absolute atomic E-state index is 12.1. The van der Waals surface area contributed by atoms with E-state index in [2.05, 4.69) is 25.9 Å². The topological polar surface area (TPSA) is 78.4 Å². The Hall–Kier alpha value is -2.60. The maximum atomic E-state index is 12.1. The summed E-state index contributed by atoms with van der Waals surface area (Å²) in [4.78, 5) is 20.8. The number of carbonyl (C=O) groups excluding carboxylic acids is 1. The number of halogens is 1. The average Bonchev–Trinajstić information content (AvgIpc) is 2.64. The number of guanidine groups is 1. The average molecular weight is 374 g/mol. The fourth-order valence-corrected chi connectivity index (χ4v) is 2.42. The standard InChI is InChI=1S/C19H24ClN5O/c1-3-21-19(24-13-15-7-4-5-11-22-15)23-12-10-18(26)25-17-9-6-8-16(20)14(17)2/h4-9,11H,3,10,12-13H2,1-2H3,(H,25,26)(H2,21,23,24). The molecule has 0 radical (unpaired) electrons. The summed E-state index contributed by atoms with van der Waals surface area (Å²) in [7, 11) is 0. The van der Waals surface area contributed by atoms with Crippen LogP contribution in [0.15, 0.2) is 47.6 Å². The molecule has 0 fully saturated rings. The van der Waals surface area contributed by atoms with Crippen LogP contribution in [0.2, 0.25) is 5.02 Å². The number of nitrogens with one attached hydrogen (secondary N) is 3. The van der Waals surface area contributed by atoms with Gasteiger partial charge in [0.05, 0.1) is 12.2 Å². The molecule has 0 atom stereocenters. The van der Waals surface area contributed by atoms with Gasteiger partial charge < -0.3 is 16.0 Å². The Labute approximate surface area is 159 Å². The van der Waals surface area contributed by atoms with Gasteiger partial charge in [-0.15, -0.1) is 0 Å². The van der Waals surface area contributed by atoms with Crippen molar-refractivity contribution >= 4 is 29.2 Å². The molecule has 0 aliphatic rings. The minimum atomic E-state index is -0.0801. The van der Waals surface area contributed by atoms with Crippen molar-refractivity contribution < 1.29 is 4.79 Å². The Kier molecular flexibility index (Phi) is 7.89. The third-order valence-corrected chi connectivity index (χ3v) is 4.07. The Morgan fingerprint density at radius 1 is 1.19 bits per heavy atom. The van der Waals surface area contributed by atoms with E-state index in [4.69, 9.17) is 11.6 Å². The first-order valence-electron chi connectivity index (χ1n) is 8.57. The summed E-state index contributed by atoms with van der Waals surface area (Å²) in [6.07, 6.45) is 2.06. The molecule has 2 rings (SSSR count). The first-order chi connectivity index (χ1) is 12.6. The highest BCUT2D eigenvalue weighted by Gasteiger charge is 2.07. The minimum Gasteiger partial charge on any atom is -0.357 e. The molecule has 138 valence electrons. The zero-order valence-electron chi connectivity index (χ0n) is 15.1. The van der Waals surface area contributed by atoms with Crippen LogP contribution in [0.1, 0.15) is 24.6 Å². The lowest BCUT2D eigenvalue weighted by Crippen LogP contribution is -2.38. The van der Waals surface area contributed by atoms with Gasteiger partial charge in [0, 0.05) is 36.4 Å². The van der Waals surface area contributed by atoms with Crippen LogP contribution in [0.5, 0.6) is 0 Å². The number of nitrogens with zero attached hydrogens (tertiary/aromatic N) is 2. The van der Waals surface area contributed by atoms with E-state index >= 15 is 0 Å². The smallest absolute Gasteiger partial charge is 0.226 e. The molecule has 0 saturated carbocycles. The van der Waals surface area contributed by atoms with E-state index in [0.717, 1.165) is 23.5 Å².